The van der Waals surface area contributed by atoms with E-state index >= 15 is 0 Å². The molecule has 2 aromatic rings. The first kappa shape index (κ1) is 13.6. The number of hydrogen-bond acceptors (Lipinski definition) is 3. The molecule has 4 heteroatoms. The van der Waals surface area contributed by atoms with Gasteiger partial charge in [-0.25, -0.2) is 0 Å². The summed E-state index contributed by atoms with van der Waals surface area (Å²) in [4.78, 5) is 12.4. The second-order valence-electron chi connectivity index (χ2n) is 5.40. The van der Waals surface area contributed by atoms with E-state index in [1.807, 2.05) is 44.2 Å². The molecular formula is C17H18N2O2. The molecule has 0 atom stereocenters. The van der Waals surface area contributed by atoms with Crippen molar-refractivity contribution in [3.63, 3.8) is 0 Å². The summed E-state index contributed by atoms with van der Waals surface area (Å²) in [6.07, 6.45) is 0. The van der Waals surface area contributed by atoms with Crippen LogP contribution < -0.4 is 11.1 Å². The van der Waals surface area contributed by atoms with E-state index in [2.05, 4.69) is 5.32 Å². The summed E-state index contributed by atoms with van der Waals surface area (Å²) >= 11 is 0. The van der Waals surface area contributed by atoms with Crippen LogP contribution in [0, 0.1) is 13.8 Å². The molecule has 1 aliphatic rings. The van der Waals surface area contributed by atoms with E-state index < -0.39 is 0 Å². The molecule has 0 aromatic heterocycles. The first-order valence-electron chi connectivity index (χ1n) is 6.93. The standard InChI is InChI=1S/C17H18N2O2/c1-10-3-6-15(18)16(11(10)2)19-17(20)12-4-5-13-8-21-9-14(13)7-12/h3-7H,8-9,18H2,1-2H3,(H,19,20). The van der Waals surface area contributed by atoms with Crippen LogP contribution in [0.15, 0.2) is 30.3 Å². The quantitative estimate of drug-likeness (QED) is 0.832. The molecule has 2 aromatic carbocycles. The highest BCUT2D eigenvalue weighted by Crippen LogP contribution is 2.27. The van der Waals surface area contributed by atoms with Gasteiger partial charge in [0.1, 0.15) is 0 Å². The van der Waals surface area contributed by atoms with Gasteiger partial charge in [-0.2, -0.15) is 0 Å². The number of carbonyl (C=O) groups excluding carboxylic acids is 1. The molecule has 0 spiro atoms. The molecular weight excluding hydrogens is 264 g/mol. The largest absolute Gasteiger partial charge is 0.397 e. The minimum Gasteiger partial charge on any atom is -0.397 e. The van der Waals surface area contributed by atoms with Gasteiger partial charge in [-0.1, -0.05) is 12.1 Å². The predicted molar refractivity (Wildman–Crippen MR) is 83.2 cm³/mol. The molecule has 0 bridgehead atoms. The van der Waals surface area contributed by atoms with E-state index in [4.69, 9.17) is 10.5 Å². The van der Waals surface area contributed by atoms with Gasteiger partial charge in [0.25, 0.3) is 5.91 Å². The van der Waals surface area contributed by atoms with Gasteiger partial charge in [-0.3, -0.25) is 4.79 Å². The van der Waals surface area contributed by atoms with Crippen LogP contribution in [0.25, 0.3) is 0 Å². The highest BCUT2D eigenvalue weighted by molar-refractivity contribution is 6.06. The van der Waals surface area contributed by atoms with Crippen LogP contribution in [-0.2, 0) is 18.0 Å². The third kappa shape index (κ3) is 2.50. The Balaban J connectivity index is 1.89. The number of anilines is 2. The SMILES string of the molecule is Cc1ccc(N)c(NC(=O)c2ccc3c(c2)COC3)c1C. The molecule has 0 saturated carbocycles. The number of nitrogen functional groups attached to an aromatic ring is 1. The first-order chi connectivity index (χ1) is 10.1. The smallest absolute Gasteiger partial charge is 0.255 e. The van der Waals surface area contributed by atoms with Crippen molar-refractivity contribution >= 4 is 17.3 Å². The maximum atomic E-state index is 12.4. The highest BCUT2D eigenvalue weighted by atomic mass is 16.5. The molecule has 3 N–H and O–H groups in total. The summed E-state index contributed by atoms with van der Waals surface area (Å²) in [5, 5.41) is 2.92. The van der Waals surface area contributed by atoms with E-state index in [0.29, 0.717) is 30.2 Å². The van der Waals surface area contributed by atoms with Crippen LogP contribution in [-0.4, -0.2) is 5.91 Å². The van der Waals surface area contributed by atoms with Crippen molar-refractivity contribution in [3.8, 4) is 0 Å². The van der Waals surface area contributed by atoms with E-state index in [9.17, 15) is 4.79 Å². The number of fused-ring (bicyclic) bond motifs is 1. The fourth-order valence-corrected chi connectivity index (χ4v) is 2.50. The van der Waals surface area contributed by atoms with Crippen LogP contribution in [0.3, 0.4) is 0 Å². The number of nitrogens with two attached hydrogens (primary N) is 1. The molecule has 108 valence electrons. The summed E-state index contributed by atoms with van der Waals surface area (Å²) in [5.74, 6) is -0.148. The Morgan fingerprint density at radius 1 is 1.14 bits per heavy atom. The van der Waals surface area contributed by atoms with Crippen molar-refractivity contribution < 1.29 is 9.53 Å². The minimum atomic E-state index is -0.148. The Kier molecular flexibility index (Phi) is 3.39. The summed E-state index contributed by atoms with van der Waals surface area (Å²) in [6.45, 7) is 5.15. The molecule has 1 aliphatic heterocycles. The van der Waals surface area contributed by atoms with E-state index in [1.54, 1.807) is 0 Å². The van der Waals surface area contributed by atoms with Gasteiger partial charge in [0.05, 0.1) is 24.6 Å². The molecule has 21 heavy (non-hydrogen) atoms. The second-order valence-corrected chi connectivity index (χ2v) is 5.40. The molecule has 3 rings (SSSR count). The van der Waals surface area contributed by atoms with Gasteiger partial charge < -0.3 is 15.8 Å². The summed E-state index contributed by atoms with van der Waals surface area (Å²) in [7, 11) is 0. The van der Waals surface area contributed by atoms with Crippen LogP contribution in [0.4, 0.5) is 11.4 Å². The topological polar surface area (TPSA) is 64.3 Å². The van der Waals surface area contributed by atoms with E-state index in [1.165, 1.54) is 0 Å². The lowest BCUT2D eigenvalue weighted by Crippen LogP contribution is -2.15. The Hall–Kier alpha value is -2.33. The summed E-state index contributed by atoms with van der Waals surface area (Å²) in [5.41, 5.74) is 12.2. The summed E-state index contributed by atoms with van der Waals surface area (Å²) in [6, 6.07) is 9.42. The predicted octanol–water partition coefficient (Wildman–Crippen LogP) is 3.17. The molecule has 1 amide bonds. The van der Waals surface area contributed by atoms with Gasteiger partial charge in [0, 0.05) is 5.56 Å². The average molecular weight is 282 g/mol. The zero-order chi connectivity index (χ0) is 15.0. The lowest BCUT2D eigenvalue weighted by Gasteiger charge is -2.13. The lowest BCUT2D eigenvalue weighted by molar-refractivity contribution is 0.102. The second kappa shape index (κ2) is 5.22. The maximum Gasteiger partial charge on any atom is 0.255 e. The Morgan fingerprint density at radius 2 is 1.90 bits per heavy atom. The molecule has 0 saturated heterocycles. The van der Waals surface area contributed by atoms with Crippen molar-refractivity contribution in [2.45, 2.75) is 27.1 Å². The Bertz CT molecular complexity index is 723. The van der Waals surface area contributed by atoms with Crippen LogP contribution in [0.1, 0.15) is 32.6 Å². The zero-order valence-corrected chi connectivity index (χ0v) is 12.2. The molecule has 0 radical (unpaired) electrons. The fraction of sp³-hybridized carbons (Fsp3) is 0.235. The van der Waals surface area contributed by atoms with Gasteiger partial charge in [-0.15, -0.1) is 0 Å². The number of ether oxygens (including phenoxy) is 1. The first-order valence-corrected chi connectivity index (χ1v) is 6.93. The van der Waals surface area contributed by atoms with Crippen molar-refractivity contribution in [2.75, 3.05) is 11.1 Å². The van der Waals surface area contributed by atoms with Gasteiger partial charge in [0.2, 0.25) is 0 Å². The van der Waals surface area contributed by atoms with E-state index in [-0.39, 0.29) is 5.91 Å². The molecule has 0 aliphatic carbocycles. The van der Waals surface area contributed by atoms with Crippen molar-refractivity contribution in [1.29, 1.82) is 0 Å². The van der Waals surface area contributed by atoms with Crippen molar-refractivity contribution in [2.24, 2.45) is 0 Å². The zero-order valence-electron chi connectivity index (χ0n) is 12.2. The third-order valence-corrected chi connectivity index (χ3v) is 3.99. The number of benzene rings is 2. The van der Waals surface area contributed by atoms with Gasteiger partial charge in [-0.05, 0) is 54.3 Å². The summed E-state index contributed by atoms with van der Waals surface area (Å²) < 4.78 is 5.37. The lowest BCUT2D eigenvalue weighted by atomic mass is 10.0. The van der Waals surface area contributed by atoms with Crippen LogP contribution in [0.2, 0.25) is 0 Å². The van der Waals surface area contributed by atoms with Gasteiger partial charge in [0.15, 0.2) is 0 Å². The number of hydrogen-bond donors (Lipinski definition) is 2. The Morgan fingerprint density at radius 3 is 2.71 bits per heavy atom. The fourth-order valence-electron chi connectivity index (χ4n) is 2.50. The van der Waals surface area contributed by atoms with Crippen LogP contribution >= 0.6 is 0 Å². The number of amides is 1. The highest BCUT2D eigenvalue weighted by Gasteiger charge is 2.16. The van der Waals surface area contributed by atoms with Crippen LogP contribution in [0.5, 0.6) is 0 Å². The number of carbonyl (C=O) groups is 1. The van der Waals surface area contributed by atoms with Gasteiger partial charge >= 0.3 is 0 Å². The van der Waals surface area contributed by atoms with Crippen molar-refractivity contribution in [3.05, 3.63) is 58.1 Å². The minimum absolute atomic E-state index is 0.148. The number of aryl methyl sites for hydroxylation is 1. The third-order valence-electron chi connectivity index (χ3n) is 3.99. The normalized spacial score (nSPS) is 13.0. The van der Waals surface area contributed by atoms with E-state index in [0.717, 1.165) is 22.3 Å². The maximum absolute atomic E-state index is 12.4. The molecule has 0 unspecified atom stereocenters. The molecule has 4 nitrogen and oxygen atoms in total. The molecule has 1 heterocycles. The van der Waals surface area contributed by atoms with Crippen molar-refractivity contribution in [1.82, 2.24) is 0 Å². The Labute approximate surface area is 123 Å². The number of rotatable bonds is 2. The average Bonchev–Trinajstić information content (AvgIpc) is 2.94. The number of nitrogens with one attached hydrogen (secondary N) is 1. The monoisotopic (exact) mass is 282 g/mol. The molecule has 0 fully saturated rings.